The van der Waals surface area contributed by atoms with E-state index in [1.807, 2.05) is 27.7 Å². The van der Waals surface area contributed by atoms with Crippen LogP contribution in [0.1, 0.15) is 74.1 Å². The summed E-state index contributed by atoms with van der Waals surface area (Å²) >= 11 is 0. The zero-order valence-corrected chi connectivity index (χ0v) is 27.4. The molecule has 1 heterocycles. The summed E-state index contributed by atoms with van der Waals surface area (Å²) in [5, 5.41) is 5.01. The lowest BCUT2D eigenvalue weighted by Crippen LogP contribution is -2.60. The van der Waals surface area contributed by atoms with Crippen LogP contribution in [-0.4, -0.2) is 80.1 Å². The van der Waals surface area contributed by atoms with Crippen molar-refractivity contribution < 1.29 is 32.4 Å². The molecule has 11 nitrogen and oxygen atoms in total. The SMILES string of the molecule is C=CCCNC(=O)C(=O)CNC(=O)[C@@H]1C2[C@H](CN1C(=O)[C@@H](NS(=O)(=O)CC13CCC(CC1=O)C3(C)C)C(C)(C)C)C2(C)C. The maximum Gasteiger partial charge on any atom is 0.289 e. The number of fused-ring (bicyclic) bond motifs is 3. The van der Waals surface area contributed by atoms with Crippen LogP contribution in [0.2, 0.25) is 0 Å². The molecule has 3 N–H and O–H groups in total. The Morgan fingerprint density at radius 2 is 1.77 bits per heavy atom. The second-order valence-corrected chi connectivity index (χ2v) is 17.0. The van der Waals surface area contributed by atoms with Gasteiger partial charge in [0.1, 0.15) is 17.9 Å². The molecule has 2 bridgehead atoms. The fourth-order valence-electron chi connectivity index (χ4n) is 7.97. The smallest absolute Gasteiger partial charge is 0.289 e. The van der Waals surface area contributed by atoms with Gasteiger partial charge in [0, 0.05) is 24.9 Å². The normalized spacial score (nSPS) is 30.9. The molecule has 0 aromatic heterocycles. The van der Waals surface area contributed by atoms with Gasteiger partial charge in [-0.3, -0.25) is 24.0 Å². The van der Waals surface area contributed by atoms with Crippen LogP contribution >= 0.6 is 0 Å². The van der Waals surface area contributed by atoms with Crippen LogP contribution in [0.4, 0.5) is 0 Å². The average Bonchev–Trinajstić information content (AvgIpc) is 3.16. The molecule has 43 heavy (non-hydrogen) atoms. The van der Waals surface area contributed by atoms with E-state index in [4.69, 9.17) is 0 Å². The highest BCUT2D eigenvalue weighted by Gasteiger charge is 2.70. The van der Waals surface area contributed by atoms with Gasteiger partial charge in [-0.15, -0.1) is 6.58 Å². The number of carbonyl (C=O) groups is 5. The minimum atomic E-state index is -4.09. The lowest BCUT2D eigenvalue weighted by atomic mass is 9.70. The average molecular weight is 621 g/mol. The first-order valence-corrected chi connectivity index (χ1v) is 16.9. The third-order valence-electron chi connectivity index (χ3n) is 11.1. The molecule has 0 spiro atoms. The van der Waals surface area contributed by atoms with Gasteiger partial charge in [0.25, 0.3) is 5.91 Å². The molecule has 3 amide bonds. The summed E-state index contributed by atoms with van der Waals surface area (Å²) in [5.41, 5.74) is -2.50. The van der Waals surface area contributed by atoms with E-state index in [0.717, 1.165) is 6.42 Å². The van der Waals surface area contributed by atoms with E-state index < -0.39 is 68.4 Å². The Morgan fingerprint density at radius 3 is 2.30 bits per heavy atom. The van der Waals surface area contributed by atoms with Crippen LogP contribution in [0.3, 0.4) is 0 Å². The summed E-state index contributed by atoms with van der Waals surface area (Å²) in [4.78, 5) is 66.5. The lowest BCUT2D eigenvalue weighted by Gasteiger charge is -2.39. The molecule has 4 fully saturated rings. The minimum Gasteiger partial charge on any atom is -0.349 e. The quantitative estimate of drug-likeness (QED) is 0.170. The Balaban J connectivity index is 1.51. The van der Waals surface area contributed by atoms with Gasteiger partial charge in [-0.25, -0.2) is 13.1 Å². The van der Waals surface area contributed by atoms with Crippen molar-refractivity contribution >= 4 is 39.3 Å². The number of nitrogens with zero attached hydrogens (tertiary/aromatic N) is 1. The fourth-order valence-corrected chi connectivity index (χ4v) is 10.2. The molecule has 240 valence electrons. The van der Waals surface area contributed by atoms with Crippen molar-refractivity contribution in [3.63, 3.8) is 0 Å². The highest BCUT2D eigenvalue weighted by Crippen LogP contribution is 2.65. The third kappa shape index (κ3) is 5.81. The Labute approximate surface area is 255 Å². The lowest BCUT2D eigenvalue weighted by molar-refractivity contribution is -0.144. The number of Topliss-reactive ketones (excluding diaryl/α,β-unsaturated/α-hetero) is 2. The van der Waals surface area contributed by atoms with Gasteiger partial charge in [-0.1, -0.05) is 54.5 Å². The van der Waals surface area contributed by atoms with E-state index in [1.165, 1.54) is 4.90 Å². The number of amides is 3. The van der Waals surface area contributed by atoms with E-state index >= 15 is 0 Å². The predicted octanol–water partition coefficient (Wildman–Crippen LogP) is 1.58. The maximum absolute atomic E-state index is 14.2. The van der Waals surface area contributed by atoms with Crippen LogP contribution in [-0.2, 0) is 34.0 Å². The largest absolute Gasteiger partial charge is 0.349 e. The highest BCUT2D eigenvalue weighted by atomic mass is 32.2. The summed E-state index contributed by atoms with van der Waals surface area (Å²) in [6.07, 6.45) is 3.80. The molecule has 3 saturated carbocycles. The van der Waals surface area contributed by atoms with Crippen LogP contribution in [0.15, 0.2) is 12.7 Å². The Bertz CT molecular complexity index is 1330. The highest BCUT2D eigenvalue weighted by molar-refractivity contribution is 7.89. The number of sulfonamides is 1. The number of ketones is 2. The van der Waals surface area contributed by atoms with Gasteiger partial charge in [0.05, 0.1) is 12.3 Å². The van der Waals surface area contributed by atoms with Crippen molar-refractivity contribution in [3.8, 4) is 0 Å². The zero-order valence-electron chi connectivity index (χ0n) is 26.5. The van der Waals surface area contributed by atoms with Crippen molar-refractivity contribution in [2.24, 2.45) is 39.4 Å². The van der Waals surface area contributed by atoms with Crippen LogP contribution in [0.5, 0.6) is 0 Å². The first kappa shape index (κ1) is 33.3. The topological polar surface area (TPSA) is 159 Å². The maximum atomic E-state index is 14.2. The van der Waals surface area contributed by atoms with Crippen LogP contribution in [0, 0.1) is 39.4 Å². The second kappa shape index (κ2) is 11.1. The van der Waals surface area contributed by atoms with Crippen molar-refractivity contribution in [2.45, 2.75) is 86.2 Å². The standard InChI is InChI=1S/C31H48N4O7S/c1-9-10-13-32-25(38)20(36)15-33-26(39)23-22-19(29(22,5)6)16-35(23)27(40)24(28(2,3)4)34-43(41,42)17-31-12-11-18(14-21(31)37)30(31,7)8/h9,18-19,22-24,34H,1,10-17H2,2-8H3,(H,32,38)(H,33,39)/t18?,19-,22?,23-,24+,31?/m0/s1. The van der Waals surface area contributed by atoms with E-state index in [9.17, 15) is 32.4 Å². The molecule has 6 atom stereocenters. The molecule has 0 aromatic carbocycles. The second-order valence-electron chi connectivity index (χ2n) is 15.2. The van der Waals surface area contributed by atoms with Gasteiger partial charge in [-0.2, -0.15) is 0 Å². The Hall–Kier alpha value is -2.60. The molecule has 3 aliphatic carbocycles. The fraction of sp³-hybridized carbons (Fsp3) is 0.774. The number of rotatable bonds is 12. The molecule has 12 heteroatoms. The molecular formula is C31H48N4O7S. The number of piperidine rings is 1. The molecular weight excluding hydrogens is 572 g/mol. The van der Waals surface area contributed by atoms with Crippen molar-refractivity contribution in [1.29, 1.82) is 0 Å². The van der Waals surface area contributed by atoms with Gasteiger partial charge in [-0.05, 0) is 53.3 Å². The van der Waals surface area contributed by atoms with Gasteiger partial charge in [0.15, 0.2) is 0 Å². The predicted molar refractivity (Wildman–Crippen MR) is 161 cm³/mol. The van der Waals surface area contributed by atoms with Gasteiger partial charge < -0.3 is 15.5 Å². The number of nitrogens with one attached hydrogen (secondary N) is 3. The number of hydrogen-bond acceptors (Lipinski definition) is 7. The zero-order chi connectivity index (χ0) is 32.3. The number of likely N-dealkylation sites (tertiary alicyclic amines) is 1. The monoisotopic (exact) mass is 620 g/mol. The van der Waals surface area contributed by atoms with Gasteiger partial charge >= 0.3 is 0 Å². The summed E-state index contributed by atoms with van der Waals surface area (Å²) in [6.45, 7) is 16.8. The van der Waals surface area contributed by atoms with Crippen molar-refractivity contribution in [2.75, 3.05) is 25.4 Å². The van der Waals surface area contributed by atoms with E-state index in [1.54, 1.807) is 26.8 Å². The van der Waals surface area contributed by atoms with Gasteiger partial charge in [0.2, 0.25) is 27.6 Å². The van der Waals surface area contributed by atoms with E-state index in [2.05, 4.69) is 21.9 Å². The number of carbonyl (C=O) groups excluding carboxylic acids is 5. The van der Waals surface area contributed by atoms with E-state index in [-0.39, 0.29) is 47.8 Å². The third-order valence-corrected chi connectivity index (χ3v) is 12.5. The minimum absolute atomic E-state index is 0.0275. The summed E-state index contributed by atoms with van der Waals surface area (Å²) in [5.74, 6) is -3.08. The Morgan fingerprint density at radius 1 is 1.12 bits per heavy atom. The van der Waals surface area contributed by atoms with E-state index in [0.29, 0.717) is 19.3 Å². The van der Waals surface area contributed by atoms with Crippen molar-refractivity contribution in [3.05, 3.63) is 12.7 Å². The summed E-state index contributed by atoms with van der Waals surface area (Å²) in [7, 11) is -4.09. The summed E-state index contributed by atoms with van der Waals surface area (Å²) < 4.78 is 30.1. The first-order valence-electron chi connectivity index (χ1n) is 15.2. The molecule has 0 radical (unpaired) electrons. The Kier molecular flexibility index (Phi) is 8.58. The summed E-state index contributed by atoms with van der Waals surface area (Å²) in [6, 6.07) is -2.10. The molecule has 4 aliphatic rings. The van der Waals surface area contributed by atoms with Crippen molar-refractivity contribution in [1.82, 2.24) is 20.3 Å². The molecule has 3 unspecified atom stereocenters. The number of hydrogen-bond donors (Lipinski definition) is 3. The molecule has 1 aliphatic heterocycles. The molecule has 0 aromatic rings. The molecule has 1 saturated heterocycles. The van der Waals surface area contributed by atoms with Crippen LogP contribution < -0.4 is 15.4 Å². The molecule has 4 rings (SSSR count). The van der Waals surface area contributed by atoms with Crippen LogP contribution in [0.25, 0.3) is 0 Å². The first-order chi connectivity index (χ1) is 19.7.